The molecule has 1 atom stereocenters. The van der Waals surface area contributed by atoms with Crippen molar-refractivity contribution < 1.29 is 14.0 Å². The molecule has 0 saturated heterocycles. The van der Waals surface area contributed by atoms with Crippen molar-refractivity contribution in [3.05, 3.63) is 60.0 Å². The average Bonchev–Trinajstić information content (AvgIpc) is 3.19. The predicted octanol–water partition coefficient (Wildman–Crippen LogP) is 3.77. The quantitative estimate of drug-likeness (QED) is 0.790. The van der Waals surface area contributed by atoms with Gasteiger partial charge in [0.15, 0.2) is 11.5 Å². The number of hydrogen-bond acceptors (Lipinski definition) is 5. The second-order valence-corrected chi connectivity index (χ2v) is 6.13. The summed E-state index contributed by atoms with van der Waals surface area (Å²) in [6, 6.07) is 14.8. The Hall–Kier alpha value is -3.15. The largest absolute Gasteiger partial charge is 0.441 e. The molecule has 3 aromatic rings. The van der Waals surface area contributed by atoms with Gasteiger partial charge in [0.1, 0.15) is 5.52 Å². The number of amides is 1. The van der Waals surface area contributed by atoms with Gasteiger partial charge in [0.05, 0.1) is 11.4 Å². The third kappa shape index (κ3) is 2.55. The van der Waals surface area contributed by atoms with Gasteiger partial charge < -0.3 is 14.6 Å². The number of aromatic nitrogens is 1. The van der Waals surface area contributed by atoms with E-state index in [0.717, 1.165) is 11.3 Å². The van der Waals surface area contributed by atoms with Gasteiger partial charge >= 0.3 is 0 Å². The number of hydrogen-bond donors (Lipinski definition) is 1. The minimum Gasteiger partial charge on any atom is -0.441 e. The Morgan fingerprint density at radius 1 is 1.12 bits per heavy atom. The van der Waals surface area contributed by atoms with E-state index < -0.39 is 5.60 Å². The molecule has 1 amide bonds. The summed E-state index contributed by atoms with van der Waals surface area (Å²) in [7, 11) is 0. The van der Waals surface area contributed by atoms with Crippen LogP contribution in [0, 0.1) is 6.92 Å². The first-order valence-electron chi connectivity index (χ1n) is 8.03. The van der Waals surface area contributed by atoms with Gasteiger partial charge in [-0.25, -0.2) is 4.98 Å². The summed E-state index contributed by atoms with van der Waals surface area (Å²) in [5.74, 6) is 0.262. The number of carbonyl (C=O) groups is 1. The Labute approximate surface area is 144 Å². The average molecular weight is 335 g/mol. The minimum absolute atomic E-state index is 0.285. The minimum atomic E-state index is -1.17. The van der Waals surface area contributed by atoms with Gasteiger partial charge in [-0.2, -0.15) is 0 Å². The van der Waals surface area contributed by atoms with Gasteiger partial charge in [0.2, 0.25) is 5.60 Å². The molecule has 126 valence electrons. The first-order valence-corrected chi connectivity index (χ1v) is 8.03. The van der Waals surface area contributed by atoms with Gasteiger partial charge in [0.25, 0.3) is 5.91 Å². The number of para-hydroxylation sites is 1. The molecule has 25 heavy (non-hydrogen) atoms. The maximum Gasteiger partial charge on any atom is 0.276 e. The van der Waals surface area contributed by atoms with E-state index in [2.05, 4.69) is 15.5 Å². The van der Waals surface area contributed by atoms with Crippen LogP contribution >= 0.6 is 0 Å². The fourth-order valence-corrected chi connectivity index (χ4v) is 3.08. The number of aryl methyl sites for hydroxylation is 1. The van der Waals surface area contributed by atoms with Crippen molar-refractivity contribution in [2.75, 3.05) is 5.32 Å². The molecule has 0 fully saturated rings. The van der Waals surface area contributed by atoms with Gasteiger partial charge in [0, 0.05) is 18.9 Å². The Morgan fingerprint density at radius 3 is 2.64 bits per heavy atom. The molecule has 1 unspecified atom stereocenters. The highest BCUT2D eigenvalue weighted by Gasteiger charge is 2.47. The van der Waals surface area contributed by atoms with Crippen molar-refractivity contribution in [2.45, 2.75) is 25.9 Å². The number of oxime groups is 1. The van der Waals surface area contributed by atoms with Crippen molar-refractivity contribution in [1.82, 2.24) is 4.98 Å². The van der Waals surface area contributed by atoms with Gasteiger partial charge in [-0.1, -0.05) is 41.6 Å². The molecule has 0 saturated carbocycles. The molecule has 1 aliphatic heterocycles. The lowest BCUT2D eigenvalue weighted by atomic mass is 9.88. The number of carbonyl (C=O) groups excluding carboxylic acids is 1. The van der Waals surface area contributed by atoms with Crippen LogP contribution in [0.4, 0.5) is 5.69 Å². The second-order valence-electron chi connectivity index (χ2n) is 6.13. The van der Waals surface area contributed by atoms with Crippen LogP contribution in [0.1, 0.15) is 24.8 Å². The molecule has 0 spiro atoms. The van der Waals surface area contributed by atoms with E-state index in [0.29, 0.717) is 29.1 Å². The zero-order chi connectivity index (χ0) is 17.4. The highest BCUT2D eigenvalue weighted by Crippen LogP contribution is 2.36. The van der Waals surface area contributed by atoms with E-state index in [1.54, 1.807) is 13.0 Å². The number of nitrogens with zero attached hydrogens (tertiary/aromatic N) is 2. The van der Waals surface area contributed by atoms with Gasteiger partial charge in [-0.05, 0) is 19.1 Å². The molecular weight excluding hydrogens is 318 g/mol. The highest BCUT2D eigenvalue weighted by molar-refractivity contribution is 6.06. The number of anilines is 1. The molecule has 1 aromatic heterocycles. The van der Waals surface area contributed by atoms with Crippen LogP contribution in [-0.4, -0.2) is 16.6 Å². The molecule has 0 bridgehead atoms. The SMILES string of the molecule is CC1=NOC(C(=O)Nc2cccc3oc(C)nc23)(c2ccccc2)C1. The number of rotatable bonds is 3. The van der Waals surface area contributed by atoms with E-state index in [9.17, 15) is 4.79 Å². The standard InChI is InChI=1S/C19H17N3O3/c1-12-11-19(25-22-12,14-7-4-3-5-8-14)18(23)21-15-9-6-10-16-17(15)20-13(2)24-16/h3-10H,11H2,1-2H3,(H,21,23). The first kappa shape index (κ1) is 15.4. The molecule has 6 heteroatoms. The summed E-state index contributed by atoms with van der Waals surface area (Å²) in [5.41, 5.74) is 2.19. The third-order valence-corrected chi connectivity index (χ3v) is 4.24. The first-order chi connectivity index (χ1) is 12.1. The number of benzene rings is 2. The van der Waals surface area contributed by atoms with Crippen molar-refractivity contribution in [3.63, 3.8) is 0 Å². The number of nitrogens with one attached hydrogen (secondary N) is 1. The van der Waals surface area contributed by atoms with Crippen LogP contribution in [0.2, 0.25) is 0 Å². The van der Waals surface area contributed by atoms with Crippen LogP contribution in [0.25, 0.3) is 11.1 Å². The molecule has 4 rings (SSSR count). The van der Waals surface area contributed by atoms with Crippen molar-refractivity contribution in [3.8, 4) is 0 Å². The summed E-state index contributed by atoms with van der Waals surface area (Å²) < 4.78 is 5.53. The van der Waals surface area contributed by atoms with Crippen LogP contribution in [0.5, 0.6) is 0 Å². The van der Waals surface area contributed by atoms with E-state index in [1.807, 2.05) is 49.4 Å². The predicted molar refractivity (Wildman–Crippen MR) is 94.3 cm³/mol. The van der Waals surface area contributed by atoms with E-state index in [-0.39, 0.29) is 5.91 Å². The van der Waals surface area contributed by atoms with E-state index in [4.69, 9.17) is 9.25 Å². The summed E-state index contributed by atoms with van der Waals surface area (Å²) in [6.45, 7) is 3.62. The van der Waals surface area contributed by atoms with E-state index in [1.165, 1.54) is 0 Å². The molecule has 6 nitrogen and oxygen atoms in total. The summed E-state index contributed by atoms with van der Waals surface area (Å²) in [5, 5.41) is 6.96. The summed E-state index contributed by atoms with van der Waals surface area (Å²) in [6.07, 6.45) is 0.399. The molecule has 0 aliphatic carbocycles. The fraction of sp³-hybridized carbons (Fsp3) is 0.211. The van der Waals surface area contributed by atoms with Gasteiger partial charge in [-0.15, -0.1) is 0 Å². The monoisotopic (exact) mass is 335 g/mol. The summed E-state index contributed by atoms with van der Waals surface area (Å²) in [4.78, 5) is 23.1. The van der Waals surface area contributed by atoms with Crippen molar-refractivity contribution in [1.29, 1.82) is 0 Å². The Balaban J connectivity index is 1.72. The second kappa shape index (κ2) is 5.73. The smallest absolute Gasteiger partial charge is 0.276 e. The normalized spacial score (nSPS) is 19.5. The Kier molecular flexibility index (Phi) is 3.53. The van der Waals surface area contributed by atoms with Crippen molar-refractivity contribution >= 4 is 28.4 Å². The van der Waals surface area contributed by atoms with E-state index >= 15 is 0 Å². The molecule has 0 radical (unpaired) electrons. The molecule has 1 aliphatic rings. The lowest BCUT2D eigenvalue weighted by Gasteiger charge is -2.25. The highest BCUT2D eigenvalue weighted by atomic mass is 16.7. The lowest BCUT2D eigenvalue weighted by Crippen LogP contribution is -2.40. The van der Waals surface area contributed by atoms with Crippen LogP contribution in [0.15, 0.2) is 58.1 Å². The lowest BCUT2D eigenvalue weighted by molar-refractivity contribution is -0.139. The molecule has 2 aromatic carbocycles. The molecular formula is C19H17N3O3. The number of fused-ring (bicyclic) bond motifs is 1. The third-order valence-electron chi connectivity index (χ3n) is 4.24. The van der Waals surface area contributed by atoms with Crippen LogP contribution in [0.3, 0.4) is 0 Å². The molecule has 1 N–H and O–H groups in total. The zero-order valence-electron chi connectivity index (χ0n) is 13.9. The molecule has 2 heterocycles. The topological polar surface area (TPSA) is 76.7 Å². The zero-order valence-corrected chi connectivity index (χ0v) is 13.9. The van der Waals surface area contributed by atoms with Crippen LogP contribution in [-0.2, 0) is 15.2 Å². The number of oxazole rings is 1. The van der Waals surface area contributed by atoms with Gasteiger partial charge in [-0.3, -0.25) is 4.79 Å². The van der Waals surface area contributed by atoms with Crippen LogP contribution < -0.4 is 5.32 Å². The van der Waals surface area contributed by atoms with Crippen molar-refractivity contribution in [2.24, 2.45) is 5.16 Å². The maximum atomic E-state index is 13.2. The fourth-order valence-electron chi connectivity index (χ4n) is 3.08. The Bertz CT molecular complexity index is 978. The summed E-state index contributed by atoms with van der Waals surface area (Å²) >= 11 is 0. The maximum absolute atomic E-state index is 13.2. The Morgan fingerprint density at radius 2 is 1.92 bits per heavy atom.